The zero-order valence-corrected chi connectivity index (χ0v) is 22.9. The smallest absolute Gasteiger partial charge is 0.340 e. The zero-order chi connectivity index (χ0) is 27.4. The number of hydrogen-bond donors (Lipinski definition) is 2. The Morgan fingerprint density at radius 3 is 2.45 bits per heavy atom. The van der Waals surface area contributed by atoms with Crippen LogP contribution >= 0.6 is 0 Å². The minimum absolute atomic E-state index is 0.145. The molecule has 3 aromatic rings. The highest BCUT2D eigenvalue weighted by molar-refractivity contribution is 7.89. The van der Waals surface area contributed by atoms with Crippen LogP contribution in [0, 0.1) is 5.92 Å². The van der Waals surface area contributed by atoms with E-state index in [1.54, 1.807) is 37.4 Å². The van der Waals surface area contributed by atoms with Gasteiger partial charge in [-0.2, -0.15) is 4.73 Å². The fourth-order valence-electron chi connectivity index (χ4n) is 4.91. The molecule has 1 saturated carbocycles. The molecule has 0 aliphatic heterocycles. The van der Waals surface area contributed by atoms with E-state index in [0.29, 0.717) is 11.3 Å². The zero-order valence-electron chi connectivity index (χ0n) is 22.0. The summed E-state index contributed by atoms with van der Waals surface area (Å²) in [5.74, 6) is -0.111. The lowest BCUT2D eigenvalue weighted by atomic mass is 9.86. The maximum absolute atomic E-state index is 12.9. The average Bonchev–Trinajstić information content (AvgIpc) is 3.31. The second-order valence-corrected chi connectivity index (χ2v) is 11.8. The van der Waals surface area contributed by atoms with Gasteiger partial charge in [-0.25, -0.2) is 27.9 Å². The van der Waals surface area contributed by atoms with Crippen molar-refractivity contribution in [2.75, 3.05) is 30.1 Å². The van der Waals surface area contributed by atoms with Gasteiger partial charge in [0.05, 0.1) is 17.1 Å². The predicted molar refractivity (Wildman–Crippen MR) is 145 cm³/mol. The Morgan fingerprint density at radius 2 is 1.82 bits per heavy atom. The maximum atomic E-state index is 12.9. The molecule has 0 bridgehead atoms. The Kier molecular flexibility index (Phi) is 8.32. The summed E-state index contributed by atoms with van der Waals surface area (Å²) in [6.07, 6.45) is 6.48. The van der Waals surface area contributed by atoms with Crippen molar-refractivity contribution in [2.24, 2.45) is 5.92 Å². The van der Waals surface area contributed by atoms with E-state index < -0.39 is 21.9 Å². The standard InChI is InChI=1S/C26H34N6O5S/c1-17(20-7-9-21(10-8-20)30-18(2)33)26(34)37-32-14-13-23-24(28-16-29-25(23)32)31(4)22-11-5-19(6-12-22)15-38(35,36)27-3/h7-10,13-14,16-17,19,22,27H,5-6,11-12,15H2,1-4H3,(H,30,33). The van der Waals surface area contributed by atoms with Crippen LogP contribution in [0.2, 0.25) is 0 Å². The van der Waals surface area contributed by atoms with Crippen LogP contribution in [0.4, 0.5) is 11.5 Å². The van der Waals surface area contributed by atoms with Crippen LogP contribution < -0.4 is 19.8 Å². The van der Waals surface area contributed by atoms with Crippen LogP contribution in [0.3, 0.4) is 0 Å². The second-order valence-electron chi connectivity index (χ2n) is 9.78. The number of hydrogen-bond acceptors (Lipinski definition) is 8. The first-order valence-corrected chi connectivity index (χ1v) is 14.3. The van der Waals surface area contributed by atoms with Gasteiger partial charge in [0.1, 0.15) is 12.1 Å². The summed E-state index contributed by atoms with van der Waals surface area (Å²) in [6.45, 7) is 3.20. The van der Waals surface area contributed by atoms with E-state index in [1.807, 2.05) is 13.1 Å². The van der Waals surface area contributed by atoms with Gasteiger partial charge in [-0.1, -0.05) is 12.1 Å². The number of benzene rings is 1. The molecule has 1 aliphatic rings. The number of aromatic nitrogens is 3. The van der Waals surface area contributed by atoms with Gasteiger partial charge >= 0.3 is 5.97 Å². The summed E-state index contributed by atoms with van der Waals surface area (Å²) < 4.78 is 27.6. The number of carbonyl (C=O) groups excluding carboxylic acids is 2. The Balaban J connectivity index is 1.43. The van der Waals surface area contributed by atoms with E-state index in [0.717, 1.165) is 42.5 Å². The van der Waals surface area contributed by atoms with Gasteiger partial charge in [-0.15, -0.1) is 0 Å². The Hall–Kier alpha value is -3.51. The number of anilines is 2. The number of sulfonamides is 1. The minimum atomic E-state index is -3.22. The molecular weight excluding hydrogens is 508 g/mol. The van der Waals surface area contributed by atoms with Crippen molar-refractivity contribution in [1.82, 2.24) is 19.4 Å². The van der Waals surface area contributed by atoms with Crippen LogP contribution in [0.1, 0.15) is 51.0 Å². The highest BCUT2D eigenvalue weighted by Gasteiger charge is 2.29. The van der Waals surface area contributed by atoms with Crippen molar-refractivity contribution in [3.63, 3.8) is 0 Å². The highest BCUT2D eigenvalue weighted by atomic mass is 32.2. The molecule has 2 aromatic heterocycles. The van der Waals surface area contributed by atoms with Gasteiger partial charge in [0.2, 0.25) is 15.9 Å². The molecule has 11 nitrogen and oxygen atoms in total. The first-order valence-electron chi connectivity index (χ1n) is 12.6. The molecule has 1 aromatic carbocycles. The number of carbonyl (C=O) groups is 2. The summed E-state index contributed by atoms with van der Waals surface area (Å²) in [4.78, 5) is 40.8. The van der Waals surface area contributed by atoms with Crippen molar-refractivity contribution in [2.45, 2.75) is 51.5 Å². The second kappa shape index (κ2) is 11.5. The molecule has 2 heterocycles. The van der Waals surface area contributed by atoms with Gasteiger partial charge < -0.3 is 15.1 Å². The van der Waals surface area contributed by atoms with Crippen LogP contribution in [-0.4, -0.2) is 60.9 Å². The van der Waals surface area contributed by atoms with Crippen LogP contribution in [-0.2, 0) is 19.6 Å². The summed E-state index contributed by atoms with van der Waals surface area (Å²) in [5.41, 5.74) is 1.90. The van der Waals surface area contributed by atoms with Gasteiger partial charge in [0, 0.05) is 31.9 Å². The van der Waals surface area contributed by atoms with E-state index in [4.69, 9.17) is 4.84 Å². The van der Waals surface area contributed by atoms with Crippen molar-refractivity contribution in [3.05, 3.63) is 48.4 Å². The van der Waals surface area contributed by atoms with Gasteiger partial charge in [-0.3, -0.25) is 4.79 Å². The van der Waals surface area contributed by atoms with Crippen molar-refractivity contribution in [1.29, 1.82) is 0 Å². The minimum Gasteiger partial charge on any atom is -0.356 e. The van der Waals surface area contributed by atoms with Gasteiger partial charge in [0.15, 0.2) is 5.65 Å². The summed E-state index contributed by atoms with van der Waals surface area (Å²) in [7, 11) is 0.210. The van der Waals surface area contributed by atoms with E-state index in [9.17, 15) is 18.0 Å². The highest BCUT2D eigenvalue weighted by Crippen LogP contribution is 2.32. The van der Waals surface area contributed by atoms with Crippen LogP contribution in [0.25, 0.3) is 11.0 Å². The molecule has 1 fully saturated rings. The maximum Gasteiger partial charge on any atom is 0.340 e. The fourth-order valence-corrected chi connectivity index (χ4v) is 6.03. The largest absolute Gasteiger partial charge is 0.356 e. The number of nitrogens with one attached hydrogen (secondary N) is 2. The summed E-state index contributed by atoms with van der Waals surface area (Å²) in [5, 5.41) is 3.46. The lowest BCUT2D eigenvalue weighted by molar-refractivity contribution is -0.145. The molecule has 1 amide bonds. The van der Waals surface area contributed by atoms with Crippen molar-refractivity contribution < 1.29 is 22.8 Å². The Labute approximate surface area is 222 Å². The molecule has 204 valence electrons. The SMILES string of the molecule is CNS(=O)(=O)CC1CCC(N(C)c2ncnc3c2ccn3OC(=O)C(C)c2ccc(NC(C)=O)cc2)CC1. The number of nitrogens with zero attached hydrogens (tertiary/aromatic N) is 4. The number of amides is 1. The summed E-state index contributed by atoms with van der Waals surface area (Å²) >= 11 is 0. The monoisotopic (exact) mass is 542 g/mol. The summed E-state index contributed by atoms with van der Waals surface area (Å²) in [6, 6.07) is 9.09. The van der Waals surface area contributed by atoms with Crippen LogP contribution in [0.5, 0.6) is 0 Å². The van der Waals surface area contributed by atoms with E-state index in [1.165, 1.54) is 25.0 Å². The quantitative estimate of drug-likeness (QED) is 0.421. The third kappa shape index (κ3) is 6.30. The normalized spacial score (nSPS) is 18.6. The molecule has 2 N–H and O–H groups in total. The first kappa shape index (κ1) is 27.5. The lowest BCUT2D eigenvalue weighted by Gasteiger charge is -2.35. The molecule has 0 radical (unpaired) electrons. The third-order valence-electron chi connectivity index (χ3n) is 7.16. The Morgan fingerprint density at radius 1 is 1.13 bits per heavy atom. The molecule has 12 heteroatoms. The van der Waals surface area contributed by atoms with E-state index in [2.05, 4.69) is 24.9 Å². The molecule has 4 rings (SSSR count). The van der Waals surface area contributed by atoms with E-state index in [-0.39, 0.29) is 23.6 Å². The number of fused-ring (bicyclic) bond motifs is 1. The molecule has 0 saturated heterocycles. The average molecular weight is 543 g/mol. The molecule has 38 heavy (non-hydrogen) atoms. The van der Waals surface area contributed by atoms with E-state index >= 15 is 0 Å². The topological polar surface area (TPSA) is 136 Å². The Bertz CT molecular complexity index is 1400. The lowest BCUT2D eigenvalue weighted by Crippen LogP contribution is -2.38. The third-order valence-corrected chi connectivity index (χ3v) is 8.70. The molecule has 0 spiro atoms. The van der Waals surface area contributed by atoms with Gasteiger partial charge in [0.25, 0.3) is 0 Å². The van der Waals surface area contributed by atoms with Crippen molar-refractivity contribution >= 4 is 44.4 Å². The number of rotatable bonds is 9. The fraction of sp³-hybridized carbons (Fsp3) is 0.462. The molecule has 1 atom stereocenters. The molecular formula is C26H34N6O5S. The first-order chi connectivity index (χ1) is 18.1. The molecule has 1 aliphatic carbocycles. The van der Waals surface area contributed by atoms with Gasteiger partial charge in [-0.05, 0) is 69.3 Å². The molecule has 1 unspecified atom stereocenters. The predicted octanol–water partition coefficient (Wildman–Crippen LogP) is 2.69. The van der Waals surface area contributed by atoms with Crippen molar-refractivity contribution in [3.8, 4) is 0 Å². The van der Waals surface area contributed by atoms with Crippen LogP contribution in [0.15, 0.2) is 42.9 Å².